The van der Waals surface area contributed by atoms with Crippen LogP contribution in [0.3, 0.4) is 0 Å². The highest BCUT2D eigenvalue weighted by atomic mass is 32.2. The molecule has 7 nitrogen and oxygen atoms in total. The van der Waals surface area contributed by atoms with Crippen LogP contribution in [0.5, 0.6) is 0 Å². The zero-order chi connectivity index (χ0) is 28.2. The van der Waals surface area contributed by atoms with Crippen LogP contribution >= 0.6 is 0 Å². The molecule has 0 spiro atoms. The molecule has 39 heavy (non-hydrogen) atoms. The van der Waals surface area contributed by atoms with Crippen molar-refractivity contribution in [3.63, 3.8) is 0 Å². The van der Waals surface area contributed by atoms with Gasteiger partial charge in [0.2, 0.25) is 0 Å². The summed E-state index contributed by atoms with van der Waals surface area (Å²) in [6.07, 6.45) is 4.08. The number of carbonyl (C=O) groups is 2. The molecule has 0 amide bonds. The standard InChI is InChI=1S/C20H19FN2O.C10H16O4S/c1-22-11-12-5-7-13(8-6-12)20-15-3-2-4-18(24)16-9-14(21)10-17(23-20)19(15)16;1-9(2)7-3-4-10(9,8(11)5-7)6-15(12,13)14/h5-10,22-23H,2-4,11H2,1H3;7H,3-6H2,1-2H3,(H,12,13,14)/t;7?,10-/m.1/s1. The van der Waals surface area contributed by atoms with E-state index in [0.29, 0.717) is 30.3 Å². The van der Waals surface area contributed by atoms with Gasteiger partial charge in [0.1, 0.15) is 11.6 Å². The van der Waals surface area contributed by atoms with Gasteiger partial charge in [-0.1, -0.05) is 38.1 Å². The van der Waals surface area contributed by atoms with Crippen LogP contribution in [0.1, 0.15) is 67.4 Å². The number of aryl methyl sites for hydroxylation is 1. The van der Waals surface area contributed by atoms with Crippen molar-refractivity contribution in [2.45, 2.75) is 58.9 Å². The minimum Gasteiger partial charge on any atom is -0.354 e. The van der Waals surface area contributed by atoms with Gasteiger partial charge in [0.15, 0.2) is 5.78 Å². The van der Waals surface area contributed by atoms with Gasteiger partial charge in [-0.2, -0.15) is 8.42 Å². The lowest BCUT2D eigenvalue weighted by Crippen LogP contribution is -2.42. The van der Waals surface area contributed by atoms with Gasteiger partial charge in [0, 0.05) is 41.5 Å². The summed E-state index contributed by atoms with van der Waals surface area (Å²) in [5.41, 5.74) is 4.53. The zero-order valence-corrected chi connectivity index (χ0v) is 23.4. The molecule has 2 fully saturated rings. The lowest BCUT2D eigenvalue weighted by molar-refractivity contribution is -0.128. The molecule has 2 aromatic carbocycles. The van der Waals surface area contributed by atoms with Gasteiger partial charge in [-0.15, -0.1) is 0 Å². The molecule has 3 aromatic rings. The van der Waals surface area contributed by atoms with Crippen molar-refractivity contribution in [1.29, 1.82) is 0 Å². The fourth-order valence-corrected chi connectivity index (χ4v) is 8.36. The second-order valence-electron chi connectivity index (χ2n) is 11.8. The molecule has 2 bridgehead atoms. The van der Waals surface area contributed by atoms with Crippen LogP contribution in [0.2, 0.25) is 0 Å². The van der Waals surface area contributed by atoms with Crippen LogP contribution in [0.15, 0.2) is 36.4 Å². The van der Waals surface area contributed by atoms with Crippen LogP contribution in [-0.4, -0.2) is 42.3 Å². The van der Waals surface area contributed by atoms with E-state index < -0.39 is 21.3 Å². The first-order chi connectivity index (χ1) is 18.4. The van der Waals surface area contributed by atoms with E-state index in [1.54, 1.807) is 0 Å². The molecule has 3 aliphatic rings. The van der Waals surface area contributed by atoms with Crippen molar-refractivity contribution in [3.8, 4) is 11.3 Å². The molecule has 0 saturated heterocycles. The highest BCUT2D eigenvalue weighted by Gasteiger charge is 2.65. The fourth-order valence-electron chi connectivity index (χ4n) is 7.06. The molecule has 208 valence electrons. The van der Waals surface area contributed by atoms with Gasteiger partial charge in [-0.05, 0) is 72.9 Å². The SMILES string of the molecule is CC1(C)C2CC[C@@]1(CS(=O)(=O)O)C(=O)C2.CNCc1ccc(-c2[nH]c3cc(F)cc4c3c2CCCC4=O)cc1. The van der Waals surface area contributed by atoms with E-state index in [-0.39, 0.29) is 28.7 Å². The van der Waals surface area contributed by atoms with Crippen LogP contribution in [0.25, 0.3) is 22.2 Å². The molecule has 0 aliphatic heterocycles. The maximum atomic E-state index is 13.9. The number of hydrogen-bond acceptors (Lipinski definition) is 5. The van der Waals surface area contributed by atoms with Gasteiger partial charge in [0.05, 0.1) is 11.2 Å². The predicted octanol–water partition coefficient (Wildman–Crippen LogP) is 5.48. The minimum absolute atomic E-state index is 0.0152. The smallest absolute Gasteiger partial charge is 0.265 e. The van der Waals surface area contributed by atoms with E-state index in [9.17, 15) is 22.4 Å². The average molecular weight is 555 g/mol. The van der Waals surface area contributed by atoms with E-state index in [4.69, 9.17) is 4.55 Å². The van der Waals surface area contributed by atoms with Crippen molar-refractivity contribution < 1.29 is 27.0 Å². The number of nitrogens with one attached hydrogen (secondary N) is 2. The van der Waals surface area contributed by atoms with Crippen molar-refractivity contribution >= 4 is 32.6 Å². The number of ketones is 2. The van der Waals surface area contributed by atoms with E-state index in [2.05, 4.69) is 34.6 Å². The third-order valence-electron chi connectivity index (χ3n) is 9.29. The quantitative estimate of drug-likeness (QED) is 0.360. The summed E-state index contributed by atoms with van der Waals surface area (Å²) in [6.45, 7) is 4.71. The highest BCUT2D eigenvalue weighted by molar-refractivity contribution is 7.85. The first-order valence-corrected chi connectivity index (χ1v) is 15.1. The van der Waals surface area contributed by atoms with Crippen molar-refractivity contribution in [2.75, 3.05) is 12.8 Å². The summed E-state index contributed by atoms with van der Waals surface area (Å²) < 4.78 is 44.9. The lowest BCUT2D eigenvalue weighted by Gasteiger charge is -2.35. The van der Waals surface area contributed by atoms with Gasteiger partial charge in [-0.25, -0.2) is 4.39 Å². The number of Topliss-reactive ketones (excluding diaryl/α,β-unsaturated/α-hetero) is 2. The molecule has 3 aliphatic carbocycles. The molecule has 3 N–H and O–H groups in total. The number of H-pyrrole nitrogens is 1. The van der Waals surface area contributed by atoms with Gasteiger partial charge < -0.3 is 10.3 Å². The topological polar surface area (TPSA) is 116 Å². The normalized spacial score (nSPS) is 23.6. The minimum atomic E-state index is -4.08. The molecular formula is C30H35FN2O5S. The number of carbonyl (C=O) groups excluding carboxylic acids is 2. The van der Waals surface area contributed by atoms with Crippen LogP contribution in [0, 0.1) is 22.6 Å². The number of rotatable bonds is 5. The Bertz CT molecular complexity index is 1560. The zero-order valence-electron chi connectivity index (χ0n) is 22.6. The summed E-state index contributed by atoms with van der Waals surface area (Å²) in [4.78, 5) is 27.5. The molecule has 2 atom stereocenters. The number of fused-ring (bicyclic) bond motifs is 2. The summed E-state index contributed by atoms with van der Waals surface area (Å²) in [7, 11) is -2.15. The number of aromatic amines is 1. The first kappa shape index (κ1) is 27.7. The Morgan fingerprint density at radius 1 is 1.13 bits per heavy atom. The third-order valence-corrected chi connectivity index (χ3v) is 10.1. The number of halogens is 1. The van der Waals surface area contributed by atoms with E-state index in [0.717, 1.165) is 48.0 Å². The largest absolute Gasteiger partial charge is 0.354 e. The number of aromatic nitrogens is 1. The van der Waals surface area contributed by atoms with Crippen LogP contribution in [-0.2, 0) is 27.9 Å². The Kier molecular flexibility index (Phi) is 7.06. The summed E-state index contributed by atoms with van der Waals surface area (Å²) in [5, 5.41) is 4.03. The lowest BCUT2D eigenvalue weighted by atomic mass is 9.70. The van der Waals surface area contributed by atoms with E-state index >= 15 is 0 Å². The van der Waals surface area contributed by atoms with E-state index in [1.165, 1.54) is 17.7 Å². The Balaban J connectivity index is 0.000000177. The average Bonchev–Trinajstić information content (AvgIpc) is 3.33. The maximum Gasteiger partial charge on any atom is 0.265 e. The molecular weight excluding hydrogens is 519 g/mol. The summed E-state index contributed by atoms with van der Waals surface area (Å²) >= 11 is 0. The summed E-state index contributed by atoms with van der Waals surface area (Å²) in [6, 6.07) is 11.2. The number of hydrogen-bond donors (Lipinski definition) is 3. The molecule has 1 aromatic heterocycles. The number of benzene rings is 2. The summed E-state index contributed by atoms with van der Waals surface area (Å²) in [5.74, 6) is -0.430. The Hall–Kier alpha value is -2.88. The maximum absolute atomic E-state index is 13.9. The van der Waals surface area contributed by atoms with Crippen LogP contribution < -0.4 is 5.32 Å². The second-order valence-corrected chi connectivity index (χ2v) is 13.2. The van der Waals surface area contributed by atoms with Gasteiger partial charge >= 0.3 is 0 Å². The van der Waals surface area contributed by atoms with Crippen LogP contribution in [0.4, 0.5) is 4.39 Å². The second kappa shape index (κ2) is 9.94. The third kappa shape index (κ3) is 4.85. The molecule has 2 saturated carbocycles. The molecule has 9 heteroatoms. The predicted molar refractivity (Wildman–Crippen MR) is 149 cm³/mol. The first-order valence-electron chi connectivity index (χ1n) is 13.5. The van der Waals surface area contributed by atoms with Crippen molar-refractivity contribution in [2.24, 2.45) is 16.7 Å². The van der Waals surface area contributed by atoms with E-state index in [1.807, 2.05) is 20.9 Å². The van der Waals surface area contributed by atoms with Gasteiger partial charge in [-0.3, -0.25) is 14.1 Å². The van der Waals surface area contributed by atoms with Crippen molar-refractivity contribution in [1.82, 2.24) is 10.3 Å². The molecule has 1 unspecified atom stereocenters. The molecule has 6 rings (SSSR count). The molecule has 1 heterocycles. The Labute approximate surface area is 228 Å². The highest BCUT2D eigenvalue weighted by Crippen LogP contribution is 2.64. The Morgan fingerprint density at radius 3 is 2.44 bits per heavy atom. The Morgan fingerprint density at radius 2 is 1.85 bits per heavy atom. The van der Waals surface area contributed by atoms with Crippen molar-refractivity contribution in [3.05, 3.63) is 58.9 Å². The van der Waals surface area contributed by atoms with Gasteiger partial charge in [0.25, 0.3) is 10.1 Å². The fraction of sp³-hybridized carbons (Fsp3) is 0.467. The monoisotopic (exact) mass is 554 g/mol. The molecule has 0 radical (unpaired) electrons.